The van der Waals surface area contributed by atoms with Gasteiger partial charge >= 0.3 is 11.9 Å². The summed E-state index contributed by atoms with van der Waals surface area (Å²) in [6.45, 7) is 0.935. The van der Waals surface area contributed by atoms with Gasteiger partial charge in [-0.25, -0.2) is 4.79 Å². The number of aliphatic carboxylic acids is 1. The van der Waals surface area contributed by atoms with Gasteiger partial charge in [-0.05, 0) is 31.0 Å². The molecular weight excluding hydrogens is 360 g/mol. The number of hydrogen-bond donors (Lipinski definition) is 4. The minimum absolute atomic E-state index is 0.00147. The fraction of sp³-hybridized carbons (Fsp3) is 0.412. The third kappa shape index (κ3) is 7.32. The molecule has 0 saturated carbocycles. The fourth-order valence-electron chi connectivity index (χ4n) is 2.67. The number of carbonyl (C=O) groups is 4. The van der Waals surface area contributed by atoms with E-state index in [1.165, 1.54) is 25.3 Å². The summed E-state index contributed by atoms with van der Waals surface area (Å²) in [6, 6.07) is 4.08. The first-order valence-corrected chi connectivity index (χ1v) is 8.06. The van der Waals surface area contributed by atoms with Crippen LogP contribution in [-0.4, -0.2) is 77.3 Å². The van der Waals surface area contributed by atoms with E-state index in [1.807, 2.05) is 4.90 Å². The number of rotatable bonds is 6. The second-order valence-corrected chi connectivity index (χ2v) is 5.78. The number of carboxylic acid groups (broad SMARTS) is 3. The summed E-state index contributed by atoms with van der Waals surface area (Å²) in [5, 5.41) is 27.6. The van der Waals surface area contributed by atoms with Crippen molar-refractivity contribution in [2.45, 2.75) is 18.9 Å². The molecule has 1 amide bonds. The summed E-state index contributed by atoms with van der Waals surface area (Å²) in [7, 11) is 1.40. The van der Waals surface area contributed by atoms with Crippen molar-refractivity contribution in [2.24, 2.45) is 0 Å². The van der Waals surface area contributed by atoms with E-state index in [0.717, 1.165) is 0 Å². The highest BCUT2D eigenvalue weighted by Crippen LogP contribution is 2.18. The molecule has 1 heterocycles. The number of likely N-dealkylation sites (tertiary alicyclic amines) is 1. The number of carboxylic acids is 2. The molecule has 10 heteroatoms. The van der Waals surface area contributed by atoms with E-state index in [9.17, 15) is 14.4 Å². The number of aromatic carboxylic acids is 1. The van der Waals surface area contributed by atoms with Crippen molar-refractivity contribution >= 4 is 24.3 Å². The Hall–Kier alpha value is -3.14. The number of amides is 1. The molecule has 27 heavy (non-hydrogen) atoms. The van der Waals surface area contributed by atoms with E-state index >= 15 is 0 Å². The standard InChI is InChI=1S/C16H20N2O6.CH2O2/c1-24-13-7-10(6-11(8-13)16(22)23)15(21)17-12-2-4-18(5-3-12)9-14(19)20;2-1-3/h6-8,12H,2-5,9H2,1H3,(H,17,21)(H,19,20)(H,22,23);1H,(H,2,3). The van der Waals surface area contributed by atoms with Crippen LogP contribution in [0.25, 0.3) is 0 Å². The van der Waals surface area contributed by atoms with Crippen molar-refractivity contribution in [2.75, 3.05) is 26.7 Å². The lowest BCUT2D eigenvalue weighted by atomic mass is 10.0. The van der Waals surface area contributed by atoms with Crippen LogP contribution in [0.4, 0.5) is 0 Å². The van der Waals surface area contributed by atoms with Crippen molar-refractivity contribution in [3.8, 4) is 5.75 Å². The molecule has 148 valence electrons. The lowest BCUT2D eigenvalue weighted by Crippen LogP contribution is -2.45. The van der Waals surface area contributed by atoms with Crippen LogP contribution in [0.3, 0.4) is 0 Å². The monoisotopic (exact) mass is 382 g/mol. The Kier molecular flexibility index (Phi) is 8.73. The van der Waals surface area contributed by atoms with Crippen molar-refractivity contribution in [3.63, 3.8) is 0 Å². The predicted octanol–water partition coefficient (Wildman–Crippen LogP) is 0.373. The number of ether oxygens (including phenoxy) is 1. The maximum atomic E-state index is 12.3. The van der Waals surface area contributed by atoms with Crippen LogP contribution >= 0.6 is 0 Å². The van der Waals surface area contributed by atoms with Crippen LogP contribution in [0.1, 0.15) is 33.6 Å². The largest absolute Gasteiger partial charge is 0.497 e. The average Bonchev–Trinajstić information content (AvgIpc) is 2.63. The maximum Gasteiger partial charge on any atom is 0.335 e. The van der Waals surface area contributed by atoms with Gasteiger partial charge in [-0.1, -0.05) is 0 Å². The molecule has 2 rings (SSSR count). The Bertz CT molecular complexity index is 684. The van der Waals surface area contributed by atoms with Crippen LogP contribution in [0.2, 0.25) is 0 Å². The highest BCUT2D eigenvalue weighted by Gasteiger charge is 2.23. The number of carbonyl (C=O) groups excluding carboxylic acids is 1. The molecule has 1 fully saturated rings. The minimum Gasteiger partial charge on any atom is -0.497 e. The maximum absolute atomic E-state index is 12.3. The van der Waals surface area contributed by atoms with Gasteiger partial charge in [0, 0.05) is 24.7 Å². The Morgan fingerprint density at radius 3 is 2.22 bits per heavy atom. The second kappa shape index (κ2) is 10.8. The molecule has 1 aliphatic rings. The minimum atomic E-state index is -1.13. The Morgan fingerprint density at radius 2 is 1.74 bits per heavy atom. The zero-order valence-corrected chi connectivity index (χ0v) is 14.8. The van der Waals surface area contributed by atoms with Crippen molar-refractivity contribution < 1.29 is 39.2 Å². The Morgan fingerprint density at radius 1 is 1.19 bits per heavy atom. The quantitative estimate of drug-likeness (QED) is 0.511. The van der Waals surface area contributed by atoms with Crippen molar-refractivity contribution in [1.82, 2.24) is 10.2 Å². The molecule has 4 N–H and O–H groups in total. The summed E-state index contributed by atoms with van der Waals surface area (Å²) in [6.07, 6.45) is 1.30. The molecule has 0 spiro atoms. The number of benzene rings is 1. The van der Waals surface area contributed by atoms with E-state index in [1.54, 1.807) is 0 Å². The SMILES string of the molecule is COc1cc(C(=O)O)cc(C(=O)NC2CCN(CC(=O)O)CC2)c1.O=CO. The second-order valence-electron chi connectivity index (χ2n) is 5.78. The summed E-state index contributed by atoms with van der Waals surface area (Å²) in [5.41, 5.74) is 0.204. The number of hydrogen-bond acceptors (Lipinski definition) is 6. The summed E-state index contributed by atoms with van der Waals surface area (Å²) < 4.78 is 5.03. The normalized spacial score (nSPS) is 14.4. The summed E-state index contributed by atoms with van der Waals surface area (Å²) >= 11 is 0. The molecule has 0 bridgehead atoms. The van der Waals surface area contributed by atoms with Gasteiger partial charge in [-0.3, -0.25) is 19.3 Å². The molecule has 0 aliphatic carbocycles. The van der Waals surface area contributed by atoms with Gasteiger partial charge in [0.05, 0.1) is 19.2 Å². The third-order valence-electron chi connectivity index (χ3n) is 3.93. The molecule has 1 saturated heterocycles. The first kappa shape index (κ1) is 21.9. The summed E-state index contributed by atoms with van der Waals surface area (Å²) in [5.74, 6) is -2.07. The lowest BCUT2D eigenvalue weighted by molar-refractivity contribution is -0.138. The first-order valence-electron chi connectivity index (χ1n) is 8.06. The number of nitrogens with zero attached hydrogens (tertiary/aromatic N) is 1. The average molecular weight is 382 g/mol. The van der Waals surface area contributed by atoms with Crippen molar-refractivity contribution in [1.29, 1.82) is 0 Å². The van der Waals surface area contributed by atoms with Gasteiger partial charge in [-0.2, -0.15) is 0 Å². The van der Waals surface area contributed by atoms with Crippen LogP contribution in [0.5, 0.6) is 5.75 Å². The van der Waals surface area contributed by atoms with Gasteiger partial charge < -0.3 is 25.4 Å². The van der Waals surface area contributed by atoms with E-state index in [0.29, 0.717) is 31.7 Å². The molecule has 0 atom stereocenters. The molecule has 1 aliphatic heterocycles. The van der Waals surface area contributed by atoms with Crippen LogP contribution in [-0.2, 0) is 9.59 Å². The zero-order chi connectivity index (χ0) is 20.4. The van der Waals surface area contributed by atoms with Gasteiger partial charge in [0.25, 0.3) is 12.4 Å². The van der Waals surface area contributed by atoms with Gasteiger partial charge in [0.2, 0.25) is 0 Å². The number of piperidine rings is 1. The van der Waals surface area contributed by atoms with E-state index in [4.69, 9.17) is 24.9 Å². The fourth-order valence-corrected chi connectivity index (χ4v) is 2.67. The van der Waals surface area contributed by atoms with Gasteiger partial charge in [0.1, 0.15) is 5.75 Å². The van der Waals surface area contributed by atoms with Gasteiger partial charge in [0.15, 0.2) is 0 Å². The van der Waals surface area contributed by atoms with Crippen molar-refractivity contribution in [3.05, 3.63) is 29.3 Å². The molecule has 1 aromatic rings. The smallest absolute Gasteiger partial charge is 0.335 e. The number of methoxy groups -OCH3 is 1. The topological polar surface area (TPSA) is 153 Å². The Balaban J connectivity index is 0.00000114. The van der Waals surface area contributed by atoms with Crippen LogP contribution in [0.15, 0.2) is 18.2 Å². The number of nitrogens with one attached hydrogen (secondary N) is 1. The van der Waals surface area contributed by atoms with E-state index in [-0.39, 0.29) is 36.1 Å². The Labute approximate surface area is 155 Å². The summed E-state index contributed by atoms with van der Waals surface area (Å²) in [4.78, 5) is 44.3. The molecular formula is C17H22N2O8. The highest BCUT2D eigenvalue weighted by molar-refractivity contribution is 5.98. The zero-order valence-electron chi connectivity index (χ0n) is 14.8. The molecule has 0 aromatic heterocycles. The predicted molar refractivity (Wildman–Crippen MR) is 93.2 cm³/mol. The van der Waals surface area contributed by atoms with E-state index in [2.05, 4.69) is 5.32 Å². The molecule has 0 radical (unpaired) electrons. The molecule has 1 aromatic carbocycles. The molecule has 10 nitrogen and oxygen atoms in total. The van der Waals surface area contributed by atoms with Crippen LogP contribution in [0, 0.1) is 0 Å². The first-order chi connectivity index (χ1) is 12.8. The highest BCUT2D eigenvalue weighted by atomic mass is 16.5. The van der Waals surface area contributed by atoms with Crippen LogP contribution < -0.4 is 10.1 Å². The van der Waals surface area contributed by atoms with Gasteiger partial charge in [-0.15, -0.1) is 0 Å². The molecule has 0 unspecified atom stereocenters. The lowest BCUT2D eigenvalue weighted by Gasteiger charge is -2.31. The van der Waals surface area contributed by atoms with E-state index < -0.39 is 11.9 Å². The third-order valence-corrected chi connectivity index (χ3v) is 3.93.